The number of nitrogens with one attached hydrogen (secondary N) is 1. The Balaban J connectivity index is 1.81. The van der Waals surface area contributed by atoms with E-state index in [1.165, 1.54) is 29.7 Å². The van der Waals surface area contributed by atoms with Crippen LogP contribution in [0.5, 0.6) is 0 Å². The molecule has 25 heavy (non-hydrogen) atoms. The highest BCUT2D eigenvalue weighted by atomic mass is 32.2. The molecule has 1 amide bonds. The first-order valence-electron chi connectivity index (χ1n) is 9.28. The van der Waals surface area contributed by atoms with Crippen LogP contribution in [0.3, 0.4) is 0 Å². The average Bonchev–Trinajstić information content (AvgIpc) is 2.67. The van der Waals surface area contributed by atoms with Gasteiger partial charge in [-0.25, -0.2) is 0 Å². The van der Waals surface area contributed by atoms with E-state index in [0.29, 0.717) is 5.92 Å². The van der Waals surface area contributed by atoms with E-state index in [9.17, 15) is 4.79 Å². The lowest BCUT2D eigenvalue weighted by atomic mass is 9.99. The van der Waals surface area contributed by atoms with E-state index in [1.807, 2.05) is 30.0 Å². The molecule has 0 aromatic heterocycles. The van der Waals surface area contributed by atoms with Crippen molar-refractivity contribution in [2.24, 2.45) is 5.92 Å². The summed E-state index contributed by atoms with van der Waals surface area (Å²) < 4.78 is 0. The van der Waals surface area contributed by atoms with Crippen LogP contribution in [0.25, 0.3) is 0 Å². The van der Waals surface area contributed by atoms with Gasteiger partial charge in [-0.05, 0) is 42.2 Å². The van der Waals surface area contributed by atoms with Crippen molar-refractivity contribution in [3.05, 3.63) is 65.7 Å². The summed E-state index contributed by atoms with van der Waals surface area (Å²) in [5.41, 5.74) is 1.98. The molecular formula is C22H29NOS. The highest BCUT2D eigenvalue weighted by molar-refractivity contribution is 7.98. The number of rotatable bonds is 10. The van der Waals surface area contributed by atoms with E-state index < -0.39 is 0 Å². The molecule has 1 atom stereocenters. The monoisotopic (exact) mass is 355 g/mol. The van der Waals surface area contributed by atoms with Crippen molar-refractivity contribution in [1.82, 2.24) is 5.32 Å². The Morgan fingerprint density at radius 1 is 1.04 bits per heavy atom. The van der Waals surface area contributed by atoms with Crippen LogP contribution < -0.4 is 5.32 Å². The van der Waals surface area contributed by atoms with E-state index in [1.54, 1.807) is 0 Å². The summed E-state index contributed by atoms with van der Waals surface area (Å²) in [6.45, 7) is 5.19. The summed E-state index contributed by atoms with van der Waals surface area (Å²) in [5.74, 6) is 1.54. The SMILES string of the molecule is CCCC[C@H](CC)CNC(=O)c1ccc(CSc2ccccc2)cc1. The number of carbonyl (C=O) groups is 1. The lowest BCUT2D eigenvalue weighted by molar-refractivity contribution is 0.0946. The Hall–Kier alpha value is -1.74. The lowest BCUT2D eigenvalue weighted by Crippen LogP contribution is -2.29. The van der Waals surface area contributed by atoms with Crippen molar-refractivity contribution >= 4 is 17.7 Å². The number of unbranched alkanes of at least 4 members (excludes halogenated alkanes) is 1. The van der Waals surface area contributed by atoms with Crippen molar-refractivity contribution in [3.63, 3.8) is 0 Å². The summed E-state index contributed by atoms with van der Waals surface area (Å²) >= 11 is 1.81. The van der Waals surface area contributed by atoms with Gasteiger partial charge in [0.05, 0.1) is 0 Å². The van der Waals surface area contributed by atoms with Crippen LogP contribution in [0.4, 0.5) is 0 Å². The first-order valence-corrected chi connectivity index (χ1v) is 10.3. The number of amides is 1. The maximum atomic E-state index is 12.3. The fourth-order valence-electron chi connectivity index (χ4n) is 2.72. The zero-order chi connectivity index (χ0) is 17.9. The van der Waals surface area contributed by atoms with Gasteiger partial charge in [-0.15, -0.1) is 11.8 Å². The van der Waals surface area contributed by atoms with Gasteiger partial charge in [-0.2, -0.15) is 0 Å². The van der Waals surface area contributed by atoms with Gasteiger partial charge in [0.15, 0.2) is 0 Å². The van der Waals surface area contributed by atoms with Gasteiger partial charge in [0, 0.05) is 22.8 Å². The topological polar surface area (TPSA) is 29.1 Å². The van der Waals surface area contributed by atoms with E-state index in [-0.39, 0.29) is 5.91 Å². The third kappa shape index (κ3) is 6.95. The Morgan fingerprint density at radius 2 is 1.76 bits per heavy atom. The predicted octanol–water partition coefficient (Wildman–Crippen LogP) is 5.93. The molecule has 134 valence electrons. The molecular weight excluding hydrogens is 326 g/mol. The Bertz CT molecular complexity index is 624. The molecule has 2 nitrogen and oxygen atoms in total. The Labute approximate surface area is 156 Å². The normalized spacial score (nSPS) is 11.9. The summed E-state index contributed by atoms with van der Waals surface area (Å²) in [6, 6.07) is 18.4. The number of thioether (sulfide) groups is 1. The van der Waals surface area contributed by atoms with Gasteiger partial charge in [-0.3, -0.25) is 4.79 Å². The molecule has 1 N–H and O–H groups in total. The second-order valence-corrected chi connectivity index (χ2v) is 7.47. The summed E-state index contributed by atoms with van der Waals surface area (Å²) in [6.07, 6.45) is 4.77. The maximum Gasteiger partial charge on any atom is 0.251 e. The van der Waals surface area contributed by atoms with Crippen molar-refractivity contribution in [3.8, 4) is 0 Å². The standard InChI is InChI=1S/C22H29NOS/c1-3-5-9-18(4-2)16-23-22(24)20-14-12-19(13-15-20)17-25-21-10-7-6-8-11-21/h6-8,10-15,18H,3-5,9,16-17H2,1-2H3,(H,23,24)/t18-/m0/s1. The molecule has 0 aliphatic heterocycles. The second kappa shape index (κ2) is 11.0. The van der Waals surface area contributed by atoms with E-state index >= 15 is 0 Å². The average molecular weight is 356 g/mol. The van der Waals surface area contributed by atoms with E-state index in [2.05, 4.69) is 55.6 Å². The largest absolute Gasteiger partial charge is 0.352 e. The van der Waals surface area contributed by atoms with Crippen molar-refractivity contribution < 1.29 is 4.79 Å². The van der Waals surface area contributed by atoms with Gasteiger partial charge >= 0.3 is 0 Å². The van der Waals surface area contributed by atoms with Gasteiger partial charge in [-0.1, -0.05) is 63.4 Å². The van der Waals surface area contributed by atoms with Gasteiger partial charge in [0.2, 0.25) is 0 Å². The smallest absolute Gasteiger partial charge is 0.251 e. The highest BCUT2D eigenvalue weighted by Gasteiger charge is 2.10. The molecule has 0 saturated carbocycles. The highest BCUT2D eigenvalue weighted by Crippen LogP contribution is 2.22. The van der Waals surface area contributed by atoms with Crippen LogP contribution in [-0.2, 0) is 5.75 Å². The molecule has 0 bridgehead atoms. The molecule has 0 heterocycles. The number of carbonyl (C=O) groups excluding carboxylic acids is 1. The molecule has 0 fully saturated rings. The number of hydrogen-bond acceptors (Lipinski definition) is 2. The summed E-state index contributed by atoms with van der Waals surface area (Å²) in [4.78, 5) is 13.6. The zero-order valence-electron chi connectivity index (χ0n) is 15.3. The molecule has 0 aliphatic rings. The van der Waals surface area contributed by atoms with Crippen molar-refractivity contribution in [2.45, 2.75) is 50.2 Å². The molecule has 2 aromatic carbocycles. The second-order valence-electron chi connectivity index (χ2n) is 6.43. The molecule has 0 spiro atoms. The van der Waals surface area contributed by atoms with Gasteiger partial charge < -0.3 is 5.32 Å². The maximum absolute atomic E-state index is 12.3. The molecule has 0 unspecified atom stereocenters. The summed E-state index contributed by atoms with van der Waals surface area (Å²) in [7, 11) is 0. The minimum absolute atomic E-state index is 0.0391. The molecule has 2 aromatic rings. The zero-order valence-corrected chi connectivity index (χ0v) is 16.1. The van der Waals surface area contributed by atoms with Crippen LogP contribution in [0.15, 0.2) is 59.5 Å². The quantitative estimate of drug-likeness (QED) is 0.536. The minimum atomic E-state index is 0.0391. The van der Waals surface area contributed by atoms with Crippen molar-refractivity contribution in [1.29, 1.82) is 0 Å². The predicted molar refractivity (Wildman–Crippen MR) is 108 cm³/mol. The number of hydrogen-bond donors (Lipinski definition) is 1. The fraction of sp³-hybridized carbons (Fsp3) is 0.409. The van der Waals surface area contributed by atoms with E-state index in [0.717, 1.165) is 24.3 Å². The first-order chi connectivity index (χ1) is 12.2. The summed E-state index contributed by atoms with van der Waals surface area (Å²) in [5, 5.41) is 3.09. The van der Waals surface area contributed by atoms with Crippen LogP contribution >= 0.6 is 11.8 Å². The van der Waals surface area contributed by atoms with Crippen LogP contribution in [0.1, 0.15) is 55.5 Å². The molecule has 0 radical (unpaired) electrons. The molecule has 3 heteroatoms. The minimum Gasteiger partial charge on any atom is -0.352 e. The number of benzene rings is 2. The van der Waals surface area contributed by atoms with Crippen molar-refractivity contribution in [2.75, 3.05) is 6.54 Å². The van der Waals surface area contributed by atoms with Crippen LogP contribution in [0.2, 0.25) is 0 Å². The molecule has 0 saturated heterocycles. The van der Waals surface area contributed by atoms with Crippen LogP contribution in [-0.4, -0.2) is 12.5 Å². The Morgan fingerprint density at radius 3 is 2.40 bits per heavy atom. The third-order valence-corrected chi connectivity index (χ3v) is 5.54. The van der Waals surface area contributed by atoms with Crippen LogP contribution in [0, 0.1) is 5.92 Å². The Kier molecular flexibility index (Phi) is 8.61. The first kappa shape index (κ1) is 19.6. The third-order valence-electron chi connectivity index (χ3n) is 4.46. The molecule has 0 aliphatic carbocycles. The fourth-order valence-corrected chi connectivity index (χ4v) is 3.59. The molecule has 2 rings (SSSR count). The van der Waals surface area contributed by atoms with E-state index in [4.69, 9.17) is 0 Å². The van der Waals surface area contributed by atoms with Gasteiger partial charge in [0.1, 0.15) is 0 Å². The lowest BCUT2D eigenvalue weighted by Gasteiger charge is -2.15. The van der Waals surface area contributed by atoms with Gasteiger partial charge in [0.25, 0.3) is 5.91 Å².